The maximum atomic E-state index is 14.4. The van der Waals surface area contributed by atoms with E-state index in [0.29, 0.717) is 31.6 Å². The molecule has 1 aliphatic heterocycles. The summed E-state index contributed by atoms with van der Waals surface area (Å²) < 4.78 is 14.1. The highest BCUT2D eigenvalue weighted by atomic mass is 16.7. The maximum absolute atomic E-state index is 14.4. The molecule has 1 saturated carbocycles. The van der Waals surface area contributed by atoms with Gasteiger partial charge >= 0.3 is 0 Å². The molecule has 1 aromatic rings. The SMILES string of the molecule is C=CCO[C@@]12Oc3ccc(O)cc3[C@H]3[C@H](CCCCO)[C@@H](CCCCO)C=C(C(=NOC)C[C@@H]1N(CCC)C(=O)CCCCCCCCCCC)[C@H]32. The van der Waals surface area contributed by atoms with Gasteiger partial charge in [-0.15, -0.1) is 6.58 Å². The summed E-state index contributed by atoms with van der Waals surface area (Å²) >= 11 is 0. The van der Waals surface area contributed by atoms with Gasteiger partial charge < -0.3 is 34.5 Å². The van der Waals surface area contributed by atoms with E-state index in [2.05, 4.69) is 31.7 Å². The van der Waals surface area contributed by atoms with E-state index in [9.17, 15) is 20.1 Å². The number of aliphatic hydroxyl groups is 2. The second-order valence-corrected chi connectivity index (χ2v) is 15.1. The molecule has 52 heavy (non-hydrogen) atoms. The first-order valence-corrected chi connectivity index (χ1v) is 20.5. The number of oxime groups is 1. The Labute approximate surface area is 313 Å². The molecular weight excluding hydrogens is 656 g/mol. The fraction of sp³-hybridized carbons (Fsp3) is 0.721. The number of carbonyl (C=O) groups excluding carboxylic acids is 1. The van der Waals surface area contributed by atoms with Gasteiger partial charge in [-0.3, -0.25) is 4.79 Å². The lowest BCUT2D eigenvalue weighted by atomic mass is 9.55. The van der Waals surface area contributed by atoms with Crippen LogP contribution in [0.2, 0.25) is 0 Å². The van der Waals surface area contributed by atoms with E-state index in [4.69, 9.17) is 14.3 Å². The van der Waals surface area contributed by atoms with Crippen molar-refractivity contribution in [1.29, 1.82) is 0 Å². The number of rotatable bonds is 25. The largest absolute Gasteiger partial charge is 0.508 e. The lowest BCUT2D eigenvalue weighted by molar-refractivity contribution is -0.257. The van der Waals surface area contributed by atoms with Crippen molar-refractivity contribution in [3.8, 4) is 11.5 Å². The van der Waals surface area contributed by atoms with Gasteiger partial charge in [-0.2, -0.15) is 0 Å². The van der Waals surface area contributed by atoms with E-state index in [0.717, 1.165) is 74.6 Å². The molecule has 0 spiro atoms. The van der Waals surface area contributed by atoms with Crippen LogP contribution in [-0.2, 0) is 14.4 Å². The monoisotopic (exact) mass is 725 g/mol. The second-order valence-electron chi connectivity index (χ2n) is 15.1. The molecule has 1 heterocycles. The van der Waals surface area contributed by atoms with E-state index in [1.54, 1.807) is 19.3 Å². The Balaban J connectivity index is 1.78. The zero-order chi connectivity index (χ0) is 37.3. The van der Waals surface area contributed by atoms with Gasteiger partial charge in [-0.25, -0.2) is 0 Å². The number of hydrogen-bond donors (Lipinski definition) is 3. The fourth-order valence-corrected chi connectivity index (χ4v) is 9.19. The Kier molecular flexibility index (Phi) is 17.5. The number of aromatic hydroxyl groups is 1. The molecule has 0 saturated heterocycles. The third-order valence-electron chi connectivity index (χ3n) is 11.5. The Bertz CT molecular complexity index is 1310. The minimum atomic E-state index is -1.24. The Morgan fingerprint density at radius 1 is 0.981 bits per heavy atom. The Morgan fingerprint density at radius 2 is 1.67 bits per heavy atom. The fourth-order valence-electron chi connectivity index (χ4n) is 9.19. The molecule has 3 aliphatic rings. The molecule has 9 nitrogen and oxygen atoms in total. The van der Waals surface area contributed by atoms with Crippen LogP contribution in [0.4, 0.5) is 0 Å². The van der Waals surface area contributed by atoms with E-state index in [1.807, 2.05) is 17.0 Å². The van der Waals surface area contributed by atoms with Crippen LogP contribution < -0.4 is 4.74 Å². The number of allylic oxidation sites excluding steroid dienone is 1. The molecule has 1 fully saturated rings. The van der Waals surface area contributed by atoms with Crippen LogP contribution in [0.5, 0.6) is 11.5 Å². The third kappa shape index (κ3) is 10.2. The molecule has 6 atom stereocenters. The second kappa shape index (κ2) is 21.7. The molecule has 1 amide bonds. The van der Waals surface area contributed by atoms with Crippen LogP contribution >= 0.6 is 0 Å². The molecule has 0 bridgehead atoms. The van der Waals surface area contributed by atoms with Crippen molar-refractivity contribution in [3.05, 3.63) is 48.1 Å². The van der Waals surface area contributed by atoms with Crippen LogP contribution in [0, 0.1) is 17.8 Å². The summed E-state index contributed by atoms with van der Waals surface area (Å²) in [4.78, 5) is 21.9. The number of fused-ring (bicyclic) bond motifs is 2. The van der Waals surface area contributed by atoms with Crippen molar-refractivity contribution in [2.24, 2.45) is 22.9 Å². The number of phenolic OH excluding ortho intramolecular Hbond substituents is 1. The van der Waals surface area contributed by atoms with Gasteiger partial charge in [0, 0.05) is 44.1 Å². The number of phenols is 1. The molecule has 9 heteroatoms. The molecule has 0 radical (unpaired) electrons. The van der Waals surface area contributed by atoms with Crippen molar-refractivity contribution in [2.45, 2.75) is 147 Å². The number of ether oxygens (including phenoxy) is 2. The van der Waals surface area contributed by atoms with Crippen LogP contribution in [0.15, 0.2) is 47.7 Å². The van der Waals surface area contributed by atoms with Gasteiger partial charge in [-0.05, 0) is 74.1 Å². The molecule has 292 valence electrons. The van der Waals surface area contributed by atoms with Crippen LogP contribution in [0.25, 0.3) is 0 Å². The highest BCUT2D eigenvalue weighted by molar-refractivity contribution is 6.03. The molecule has 0 unspecified atom stereocenters. The van der Waals surface area contributed by atoms with Gasteiger partial charge in [-0.1, -0.05) is 95.4 Å². The van der Waals surface area contributed by atoms with E-state index < -0.39 is 11.8 Å². The summed E-state index contributed by atoms with van der Waals surface area (Å²) in [6, 6.07) is 4.85. The highest BCUT2D eigenvalue weighted by Crippen LogP contribution is 2.61. The summed E-state index contributed by atoms with van der Waals surface area (Å²) in [5.41, 5.74) is 2.73. The summed E-state index contributed by atoms with van der Waals surface area (Å²) in [6.45, 7) is 9.42. The lowest BCUT2D eigenvalue weighted by Gasteiger charge is -2.60. The van der Waals surface area contributed by atoms with Gasteiger partial charge in [0.25, 0.3) is 0 Å². The summed E-state index contributed by atoms with van der Waals surface area (Å²) in [5.74, 6) is -0.483. The van der Waals surface area contributed by atoms with Gasteiger partial charge in [0.05, 0.1) is 18.2 Å². The van der Waals surface area contributed by atoms with Crippen LogP contribution in [-0.4, -0.2) is 77.1 Å². The van der Waals surface area contributed by atoms with E-state index >= 15 is 0 Å². The minimum Gasteiger partial charge on any atom is -0.508 e. The maximum Gasteiger partial charge on any atom is 0.239 e. The van der Waals surface area contributed by atoms with E-state index in [1.165, 1.54) is 38.5 Å². The number of aliphatic hydroxyl groups excluding tert-OH is 2. The quantitative estimate of drug-likeness (QED) is 0.0524. The number of nitrogens with zero attached hydrogens (tertiary/aromatic N) is 2. The van der Waals surface area contributed by atoms with Crippen LogP contribution in [0.1, 0.15) is 141 Å². The predicted molar refractivity (Wildman–Crippen MR) is 207 cm³/mol. The molecular formula is C43H68N2O7. The van der Waals surface area contributed by atoms with E-state index in [-0.39, 0.29) is 55.1 Å². The number of hydrogen-bond acceptors (Lipinski definition) is 8. The number of benzene rings is 1. The first-order valence-electron chi connectivity index (χ1n) is 20.5. The minimum absolute atomic E-state index is 0.106. The van der Waals surface area contributed by atoms with Crippen LogP contribution in [0.3, 0.4) is 0 Å². The molecule has 4 rings (SSSR count). The van der Waals surface area contributed by atoms with Crippen molar-refractivity contribution in [2.75, 3.05) is 33.5 Å². The molecule has 0 aromatic heterocycles. The summed E-state index contributed by atoms with van der Waals surface area (Å²) in [7, 11) is 1.57. The standard InChI is InChI=1S/C43H68N2O7/c1-5-8-9-10-11-12-13-14-15-22-40(49)45(25-6-2)39-31-37(44-50-4)35-29-32(20-16-18-26-46)34(21-17-19-27-47)41-36-30-33(48)23-24-38(36)52-43(39,42(35)41)51-28-7-3/h7,23-24,29-30,32,34,39,41-42,46-48H,3,5-6,8-22,25-28,31H2,1-2,4H3/t32-,34+,39-,41+,42+,43+/m0/s1. The average Bonchev–Trinajstić information content (AvgIpc) is 3.14. The first kappa shape index (κ1) is 41.9. The average molecular weight is 725 g/mol. The number of amides is 1. The zero-order valence-electron chi connectivity index (χ0n) is 32.4. The predicted octanol–water partition coefficient (Wildman–Crippen LogP) is 8.82. The van der Waals surface area contributed by atoms with Crippen molar-refractivity contribution in [3.63, 3.8) is 0 Å². The topological polar surface area (TPSA) is 121 Å². The Hall–Kier alpha value is -2.88. The summed E-state index contributed by atoms with van der Waals surface area (Å²) in [5, 5.41) is 35.0. The normalized spacial score (nSPS) is 25.5. The van der Waals surface area contributed by atoms with Gasteiger partial charge in [0.2, 0.25) is 11.7 Å². The number of carbonyl (C=O) groups is 1. The van der Waals surface area contributed by atoms with Gasteiger partial charge in [0.15, 0.2) is 0 Å². The number of unbranched alkanes of at least 4 members (excludes halogenated alkanes) is 10. The van der Waals surface area contributed by atoms with Crippen molar-refractivity contribution < 1.29 is 34.4 Å². The highest BCUT2D eigenvalue weighted by Gasteiger charge is 2.65. The van der Waals surface area contributed by atoms with Gasteiger partial charge in [0.1, 0.15) is 24.7 Å². The van der Waals surface area contributed by atoms with Crippen molar-refractivity contribution >= 4 is 11.6 Å². The molecule has 2 aliphatic carbocycles. The zero-order valence-corrected chi connectivity index (χ0v) is 32.4. The lowest BCUT2D eigenvalue weighted by Crippen LogP contribution is -2.70. The third-order valence-corrected chi connectivity index (χ3v) is 11.5. The summed E-state index contributed by atoms with van der Waals surface area (Å²) in [6.07, 6.45) is 21.3. The Morgan fingerprint density at radius 3 is 2.33 bits per heavy atom. The molecule has 1 aromatic carbocycles. The van der Waals surface area contributed by atoms with Crippen molar-refractivity contribution in [1.82, 2.24) is 4.90 Å². The molecule has 3 N–H and O–H groups in total. The smallest absolute Gasteiger partial charge is 0.239 e. The first-order chi connectivity index (χ1) is 25.4.